The fourth-order valence-corrected chi connectivity index (χ4v) is 2.44. The van der Waals surface area contributed by atoms with Gasteiger partial charge in [-0.25, -0.2) is 4.39 Å². The number of carbonyl (C=O) groups is 1. The maximum Gasteiger partial charge on any atom is 0.313 e. The lowest BCUT2D eigenvalue weighted by molar-refractivity contribution is 0.0990. The number of rotatable bonds is 3. The van der Waals surface area contributed by atoms with E-state index in [2.05, 4.69) is 31.4 Å². The largest absolute Gasteiger partial charge is 0.412 e. The van der Waals surface area contributed by atoms with Crippen molar-refractivity contribution in [2.24, 2.45) is 0 Å². The Labute approximate surface area is 139 Å². The van der Waals surface area contributed by atoms with E-state index in [0.717, 1.165) is 10.0 Å². The quantitative estimate of drug-likeness (QED) is 0.744. The van der Waals surface area contributed by atoms with Crippen molar-refractivity contribution in [3.63, 3.8) is 0 Å². The number of carbonyl (C=O) groups excluding carboxylic acids is 1. The first-order chi connectivity index (χ1) is 11.0. The lowest BCUT2D eigenvalue weighted by Crippen LogP contribution is -2.13. The highest BCUT2D eigenvalue weighted by Crippen LogP contribution is 2.22. The number of benzene rings is 2. The summed E-state index contributed by atoms with van der Waals surface area (Å²) in [6.45, 7) is 1.87. The minimum atomic E-state index is -0.503. The van der Waals surface area contributed by atoms with Gasteiger partial charge in [0.05, 0.1) is 0 Å². The standard InChI is InChI=1S/C16H11BrFN3O2/c1-9-8-11(17)4-7-13(9)19-14(22)16-21-20-15(23-16)10-2-5-12(18)6-3-10/h2-8H,1H3,(H,19,22). The van der Waals surface area contributed by atoms with E-state index in [0.29, 0.717) is 11.3 Å². The van der Waals surface area contributed by atoms with Crippen molar-refractivity contribution in [2.45, 2.75) is 6.92 Å². The van der Waals surface area contributed by atoms with Crippen LogP contribution >= 0.6 is 15.9 Å². The second-order valence-corrected chi connectivity index (χ2v) is 5.75. The van der Waals surface area contributed by atoms with Crippen LogP contribution in [0.15, 0.2) is 51.4 Å². The summed E-state index contributed by atoms with van der Waals surface area (Å²) in [6, 6.07) is 11.0. The summed E-state index contributed by atoms with van der Waals surface area (Å²) in [5.74, 6) is -0.873. The summed E-state index contributed by atoms with van der Waals surface area (Å²) in [5.41, 5.74) is 2.09. The van der Waals surface area contributed by atoms with Gasteiger partial charge in [-0.1, -0.05) is 15.9 Å². The van der Waals surface area contributed by atoms with E-state index in [-0.39, 0.29) is 17.6 Å². The Balaban J connectivity index is 1.79. The molecular formula is C16H11BrFN3O2. The van der Waals surface area contributed by atoms with E-state index in [1.54, 1.807) is 6.07 Å². The predicted molar refractivity (Wildman–Crippen MR) is 86.5 cm³/mol. The highest BCUT2D eigenvalue weighted by molar-refractivity contribution is 9.10. The molecule has 0 aliphatic rings. The average Bonchev–Trinajstić information content (AvgIpc) is 3.01. The van der Waals surface area contributed by atoms with E-state index in [1.165, 1.54) is 24.3 Å². The first-order valence-corrected chi connectivity index (χ1v) is 7.49. The molecule has 1 heterocycles. The molecule has 2 aromatic carbocycles. The third-order valence-corrected chi connectivity index (χ3v) is 3.64. The molecule has 0 fully saturated rings. The fraction of sp³-hybridized carbons (Fsp3) is 0.0625. The normalized spacial score (nSPS) is 10.6. The van der Waals surface area contributed by atoms with Gasteiger partial charge in [-0.15, -0.1) is 10.2 Å². The Morgan fingerprint density at radius 2 is 1.91 bits per heavy atom. The molecule has 5 nitrogen and oxygen atoms in total. The number of amides is 1. The average molecular weight is 376 g/mol. The predicted octanol–water partition coefficient (Wildman–Crippen LogP) is 4.20. The topological polar surface area (TPSA) is 68.0 Å². The monoisotopic (exact) mass is 375 g/mol. The van der Waals surface area contributed by atoms with Crippen molar-refractivity contribution in [1.29, 1.82) is 0 Å². The zero-order valence-electron chi connectivity index (χ0n) is 12.0. The summed E-state index contributed by atoms with van der Waals surface area (Å²) in [5, 5.41) is 10.2. The van der Waals surface area contributed by atoms with Gasteiger partial charge in [0.1, 0.15) is 5.82 Å². The molecular weight excluding hydrogens is 365 g/mol. The first kappa shape index (κ1) is 15.4. The Hall–Kier alpha value is -2.54. The van der Waals surface area contributed by atoms with Crippen LogP contribution in [0.2, 0.25) is 0 Å². The third kappa shape index (κ3) is 3.45. The van der Waals surface area contributed by atoms with Crippen LogP contribution in [0, 0.1) is 12.7 Å². The number of aromatic nitrogens is 2. The van der Waals surface area contributed by atoms with Crippen molar-refractivity contribution < 1.29 is 13.6 Å². The van der Waals surface area contributed by atoms with Crippen LogP contribution in [-0.4, -0.2) is 16.1 Å². The molecule has 3 rings (SSSR count). The fourth-order valence-electron chi connectivity index (χ4n) is 1.97. The van der Waals surface area contributed by atoms with Gasteiger partial charge in [0, 0.05) is 15.7 Å². The van der Waals surface area contributed by atoms with Crippen LogP contribution in [0.3, 0.4) is 0 Å². The molecule has 0 spiro atoms. The van der Waals surface area contributed by atoms with Crippen molar-refractivity contribution in [1.82, 2.24) is 10.2 Å². The zero-order valence-corrected chi connectivity index (χ0v) is 13.6. The third-order valence-electron chi connectivity index (χ3n) is 3.15. The molecule has 1 aromatic heterocycles. The van der Waals surface area contributed by atoms with E-state index in [9.17, 15) is 9.18 Å². The lowest BCUT2D eigenvalue weighted by atomic mass is 10.2. The second kappa shape index (κ2) is 6.29. The summed E-state index contributed by atoms with van der Waals surface area (Å²) >= 11 is 3.36. The molecule has 0 saturated carbocycles. The maximum absolute atomic E-state index is 12.9. The SMILES string of the molecule is Cc1cc(Br)ccc1NC(=O)c1nnc(-c2ccc(F)cc2)o1. The Bertz CT molecular complexity index is 862. The molecule has 0 saturated heterocycles. The van der Waals surface area contributed by atoms with Crippen LogP contribution in [0.25, 0.3) is 11.5 Å². The van der Waals surface area contributed by atoms with E-state index < -0.39 is 5.91 Å². The summed E-state index contributed by atoms with van der Waals surface area (Å²) in [7, 11) is 0. The Morgan fingerprint density at radius 1 is 1.17 bits per heavy atom. The molecule has 0 aliphatic heterocycles. The van der Waals surface area contributed by atoms with Crippen molar-refractivity contribution >= 4 is 27.5 Å². The lowest BCUT2D eigenvalue weighted by Gasteiger charge is -2.06. The molecule has 23 heavy (non-hydrogen) atoms. The van der Waals surface area contributed by atoms with Crippen LogP contribution in [-0.2, 0) is 0 Å². The second-order valence-electron chi connectivity index (χ2n) is 4.83. The Kier molecular flexibility index (Phi) is 4.20. The van der Waals surface area contributed by atoms with Gasteiger partial charge in [0.25, 0.3) is 0 Å². The molecule has 7 heteroatoms. The van der Waals surface area contributed by atoms with Crippen LogP contribution in [0.4, 0.5) is 10.1 Å². The molecule has 0 aliphatic carbocycles. The smallest absolute Gasteiger partial charge is 0.313 e. The molecule has 3 aromatic rings. The summed E-state index contributed by atoms with van der Waals surface area (Å²) in [4.78, 5) is 12.2. The highest BCUT2D eigenvalue weighted by Gasteiger charge is 2.16. The van der Waals surface area contributed by atoms with Gasteiger partial charge in [-0.3, -0.25) is 4.79 Å². The highest BCUT2D eigenvalue weighted by atomic mass is 79.9. The molecule has 0 atom stereocenters. The number of nitrogens with one attached hydrogen (secondary N) is 1. The van der Waals surface area contributed by atoms with Gasteiger partial charge in [-0.05, 0) is 55.0 Å². The summed E-state index contributed by atoms with van der Waals surface area (Å²) < 4.78 is 19.2. The van der Waals surface area contributed by atoms with Crippen LogP contribution in [0.1, 0.15) is 16.2 Å². The van der Waals surface area contributed by atoms with Gasteiger partial charge >= 0.3 is 11.8 Å². The van der Waals surface area contributed by atoms with Gasteiger partial charge in [0.15, 0.2) is 0 Å². The van der Waals surface area contributed by atoms with E-state index in [1.807, 2.05) is 19.1 Å². The van der Waals surface area contributed by atoms with E-state index in [4.69, 9.17) is 4.42 Å². The molecule has 116 valence electrons. The number of hydrogen-bond acceptors (Lipinski definition) is 4. The van der Waals surface area contributed by atoms with Crippen LogP contribution < -0.4 is 5.32 Å². The van der Waals surface area contributed by atoms with Crippen molar-refractivity contribution in [3.8, 4) is 11.5 Å². The van der Waals surface area contributed by atoms with E-state index >= 15 is 0 Å². The minimum Gasteiger partial charge on any atom is -0.412 e. The van der Waals surface area contributed by atoms with Gasteiger partial charge in [0.2, 0.25) is 5.89 Å². The minimum absolute atomic E-state index is 0.155. The summed E-state index contributed by atoms with van der Waals surface area (Å²) in [6.07, 6.45) is 0. The van der Waals surface area contributed by atoms with Crippen molar-refractivity contribution in [3.05, 3.63) is 64.2 Å². The number of nitrogens with zero attached hydrogens (tertiary/aromatic N) is 2. The van der Waals surface area contributed by atoms with Gasteiger partial charge in [-0.2, -0.15) is 0 Å². The zero-order chi connectivity index (χ0) is 16.4. The molecule has 0 radical (unpaired) electrons. The van der Waals surface area contributed by atoms with Crippen molar-refractivity contribution in [2.75, 3.05) is 5.32 Å². The molecule has 1 N–H and O–H groups in total. The number of hydrogen-bond donors (Lipinski definition) is 1. The molecule has 0 bridgehead atoms. The van der Waals surface area contributed by atoms with Crippen LogP contribution in [0.5, 0.6) is 0 Å². The van der Waals surface area contributed by atoms with Gasteiger partial charge < -0.3 is 9.73 Å². The first-order valence-electron chi connectivity index (χ1n) is 6.70. The number of aryl methyl sites for hydroxylation is 1. The molecule has 1 amide bonds. The maximum atomic E-state index is 12.9. The molecule has 0 unspecified atom stereocenters. The number of halogens is 2. The number of anilines is 1. The Morgan fingerprint density at radius 3 is 2.61 bits per heavy atom.